The van der Waals surface area contributed by atoms with Gasteiger partial charge in [-0.25, -0.2) is 4.39 Å². The van der Waals surface area contributed by atoms with E-state index >= 15 is 0 Å². The second-order valence-corrected chi connectivity index (χ2v) is 6.93. The molecule has 20 heteroatoms. The summed E-state index contributed by atoms with van der Waals surface area (Å²) >= 11 is 0. The van der Waals surface area contributed by atoms with Gasteiger partial charge in [-0.2, -0.15) is 74.6 Å². The van der Waals surface area contributed by atoms with Crippen LogP contribution in [0.4, 0.5) is 84.7 Å². The van der Waals surface area contributed by atoms with Crippen LogP contribution in [0.3, 0.4) is 0 Å². The second kappa shape index (κ2) is 8.49. The van der Waals surface area contributed by atoms with Crippen molar-refractivity contribution in [2.45, 2.75) is 54.6 Å². The minimum absolute atomic E-state index is 0.0854. The molecule has 0 aliphatic carbocycles. The predicted molar refractivity (Wildman–Crippen MR) is 80.5 cm³/mol. The first-order chi connectivity index (χ1) is 15.6. The van der Waals surface area contributed by atoms with Gasteiger partial charge in [-0.15, -0.1) is 0 Å². The fraction of sp³-hybridized carbons (Fsp3) is 0.562. The summed E-state index contributed by atoms with van der Waals surface area (Å²) in [4.78, 5) is 11.4. The average Bonchev–Trinajstić information content (AvgIpc) is 2.68. The van der Waals surface area contributed by atoms with Gasteiger partial charge < -0.3 is 5.32 Å². The quantitative estimate of drug-likeness (QED) is 0.332. The third kappa shape index (κ3) is 4.18. The highest BCUT2D eigenvalue weighted by Crippen LogP contribution is 2.64. The largest absolute Gasteiger partial charge is 0.460 e. The lowest BCUT2D eigenvalue weighted by Gasteiger charge is -2.42. The van der Waals surface area contributed by atoms with Gasteiger partial charge in [-0.1, -0.05) is 6.07 Å². The third-order valence-corrected chi connectivity index (χ3v) is 4.46. The lowest BCUT2D eigenvalue weighted by atomic mass is 9.88. The van der Waals surface area contributed by atoms with E-state index in [0.29, 0.717) is 17.4 Å². The van der Waals surface area contributed by atoms with Gasteiger partial charge in [0, 0.05) is 5.69 Å². The van der Waals surface area contributed by atoms with E-state index in [2.05, 4.69) is 0 Å². The molecule has 0 aliphatic rings. The summed E-state index contributed by atoms with van der Waals surface area (Å²) < 4.78 is 237. The number of halogens is 18. The molecule has 0 bridgehead atoms. The number of carbonyl (C=O) groups excluding carboxylic acids is 1. The summed E-state index contributed by atoms with van der Waals surface area (Å²) in [6.45, 7) is 0.845. The van der Waals surface area contributed by atoms with Gasteiger partial charge in [0.1, 0.15) is 5.82 Å². The number of hydrogen-bond acceptors (Lipinski definition) is 1. The Bertz CT molecular complexity index is 995. The molecular formula is C16H7F18NO. The van der Waals surface area contributed by atoms with Crippen LogP contribution in [-0.4, -0.2) is 53.5 Å². The Labute approximate surface area is 186 Å². The Balaban J connectivity index is 3.61. The molecule has 1 amide bonds. The second-order valence-electron chi connectivity index (χ2n) is 6.93. The van der Waals surface area contributed by atoms with Crippen molar-refractivity contribution in [2.24, 2.45) is 0 Å². The van der Waals surface area contributed by atoms with Crippen molar-refractivity contribution in [3.8, 4) is 0 Å². The van der Waals surface area contributed by atoms with Crippen molar-refractivity contribution in [1.82, 2.24) is 0 Å². The van der Waals surface area contributed by atoms with Crippen molar-refractivity contribution in [2.75, 3.05) is 5.32 Å². The molecule has 0 radical (unpaired) electrons. The van der Waals surface area contributed by atoms with Crippen LogP contribution < -0.4 is 5.32 Å². The van der Waals surface area contributed by atoms with Gasteiger partial charge in [0.25, 0.3) is 0 Å². The molecule has 0 saturated heterocycles. The Morgan fingerprint density at radius 2 is 0.972 bits per heavy atom. The van der Waals surface area contributed by atoms with Gasteiger partial charge in [-0.3, -0.25) is 4.79 Å². The lowest BCUT2D eigenvalue weighted by molar-refractivity contribution is -0.459. The topological polar surface area (TPSA) is 29.1 Å². The van der Waals surface area contributed by atoms with E-state index in [4.69, 9.17) is 0 Å². The van der Waals surface area contributed by atoms with Gasteiger partial charge >= 0.3 is 53.5 Å². The SMILES string of the molecule is Cc1ccc(F)cc1NC(=O)C(F)(F)C(F)(F)C(F)(F)C(F)(F)C(F)(F)C(F)(F)C(F)(F)C(F)(F)F. The molecule has 2 nitrogen and oxygen atoms in total. The first-order valence-corrected chi connectivity index (χ1v) is 8.34. The molecule has 36 heavy (non-hydrogen) atoms. The smallest absolute Gasteiger partial charge is 0.320 e. The Morgan fingerprint density at radius 1 is 0.611 bits per heavy atom. The normalized spacial score (nSPS) is 15.2. The molecule has 1 aromatic rings. The van der Waals surface area contributed by atoms with E-state index in [9.17, 15) is 83.8 Å². The van der Waals surface area contributed by atoms with Crippen LogP contribution >= 0.6 is 0 Å². The predicted octanol–water partition coefficient (Wildman–Crippen LogP) is 7.08. The molecule has 0 unspecified atom stereocenters. The molecule has 0 spiro atoms. The summed E-state index contributed by atoms with van der Waals surface area (Å²) in [7, 11) is 0. The maximum absolute atomic E-state index is 13.8. The maximum Gasteiger partial charge on any atom is 0.460 e. The Hall–Kier alpha value is -2.57. The standard InChI is InChI=1S/C16H7F18NO/c1-5-2-3-6(17)4-7(5)35-8(36)9(18,19)10(20,21)11(22,23)12(24,25)13(26,27)14(28,29)15(30,31)16(32,33)34/h2-4H,1H3,(H,35,36). The number of carbonyl (C=O) groups is 1. The number of alkyl halides is 17. The van der Waals surface area contributed by atoms with E-state index in [1.807, 2.05) is 0 Å². The van der Waals surface area contributed by atoms with Crippen LogP contribution in [0.2, 0.25) is 0 Å². The summed E-state index contributed by atoms with van der Waals surface area (Å²) in [6, 6.07) is 1.32. The molecule has 1 N–H and O–H groups in total. The summed E-state index contributed by atoms with van der Waals surface area (Å²) in [5.74, 6) is -63.7. The Kier molecular flexibility index (Phi) is 7.42. The zero-order valence-corrected chi connectivity index (χ0v) is 16.4. The third-order valence-electron chi connectivity index (χ3n) is 4.46. The van der Waals surface area contributed by atoms with Crippen LogP contribution in [0.25, 0.3) is 0 Å². The average molecular weight is 571 g/mol. The van der Waals surface area contributed by atoms with Gasteiger partial charge in [0.2, 0.25) is 0 Å². The molecule has 1 rings (SSSR count). The van der Waals surface area contributed by atoms with Crippen molar-refractivity contribution in [1.29, 1.82) is 0 Å². The number of aryl methyl sites for hydroxylation is 1. The van der Waals surface area contributed by atoms with E-state index in [0.717, 1.165) is 6.92 Å². The molecule has 0 atom stereocenters. The van der Waals surface area contributed by atoms with Gasteiger partial charge in [-0.05, 0) is 24.6 Å². The van der Waals surface area contributed by atoms with Crippen molar-refractivity contribution >= 4 is 11.6 Å². The van der Waals surface area contributed by atoms with Crippen LogP contribution in [0.1, 0.15) is 5.56 Å². The summed E-state index contributed by atoms with van der Waals surface area (Å²) in [5, 5.41) is 0.643. The van der Waals surface area contributed by atoms with Gasteiger partial charge in [0.05, 0.1) is 0 Å². The monoisotopic (exact) mass is 571 g/mol. The van der Waals surface area contributed by atoms with Crippen molar-refractivity contribution < 1.29 is 83.8 Å². The number of rotatable bonds is 8. The Morgan fingerprint density at radius 3 is 1.36 bits per heavy atom. The van der Waals surface area contributed by atoms with Crippen LogP contribution in [0.5, 0.6) is 0 Å². The number of amides is 1. The molecule has 0 aliphatic heterocycles. The number of benzene rings is 1. The van der Waals surface area contributed by atoms with Crippen LogP contribution in [0.15, 0.2) is 18.2 Å². The minimum atomic E-state index is -8.79. The molecule has 0 aromatic heterocycles. The maximum atomic E-state index is 13.8. The molecular weight excluding hydrogens is 564 g/mol. The van der Waals surface area contributed by atoms with Crippen LogP contribution in [0, 0.1) is 12.7 Å². The summed E-state index contributed by atoms with van der Waals surface area (Å²) in [5.41, 5.74) is -1.67. The van der Waals surface area contributed by atoms with Crippen molar-refractivity contribution in [3.63, 3.8) is 0 Å². The first kappa shape index (κ1) is 31.5. The van der Waals surface area contributed by atoms with E-state index < -0.39 is 70.6 Å². The molecule has 0 fully saturated rings. The van der Waals surface area contributed by atoms with Crippen molar-refractivity contribution in [3.05, 3.63) is 29.6 Å². The van der Waals surface area contributed by atoms with E-state index in [1.54, 1.807) is 0 Å². The summed E-state index contributed by atoms with van der Waals surface area (Å²) in [6.07, 6.45) is -7.86. The highest BCUT2D eigenvalue weighted by molar-refractivity contribution is 5.97. The number of anilines is 1. The zero-order valence-electron chi connectivity index (χ0n) is 16.4. The number of hydrogen-bond donors (Lipinski definition) is 1. The van der Waals surface area contributed by atoms with Crippen LogP contribution in [-0.2, 0) is 4.79 Å². The molecule has 208 valence electrons. The molecule has 0 heterocycles. The lowest BCUT2D eigenvalue weighted by Crippen LogP contribution is -2.75. The van der Waals surface area contributed by atoms with E-state index in [1.165, 1.54) is 0 Å². The van der Waals surface area contributed by atoms with Gasteiger partial charge in [0.15, 0.2) is 0 Å². The fourth-order valence-corrected chi connectivity index (χ4v) is 2.24. The van der Waals surface area contributed by atoms with E-state index in [-0.39, 0.29) is 6.07 Å². The minimum Gasteiger partial charge on any atom is -0.320 e. The zero-order chi connectivity index (χ0) is 29.1. The highest BCUT2D eigenvalue weighted by atomic mass is 19.4. The highest BCUT2D eigenvalue weighted by Gasteiger charge is 2.95. The molecule has 0 saturated carbocycles. The first-order valence-electron chi connectivity index (χ1n) is 8.34. The number of nitrogens with one attached hydrogen (secondary N) is 1. The fourth-order valence-electron chi connectivity index (χ4n) is 2.24. The molecule has 1 aromatic carbocycles.